The number of hydrogen-bond donors (Lipinski definition) is 1. The third-order valence-corrected chi connectivity index (χ3v) is 6.30. The molecule has 1 fully saturated rings. The number of urea groups is 1. The smallest absolute Gasteiger partial charge is 0.327 e. The molecule has 2 unspecified atom stereocenters. The number of aryl methyl sites for hydroxylation is 2. The molecule has 9 heteroatoms. The van der Waals surface area contributed by atoms with Gasteiger partial charge in [-0.15, -0.1) is 10.2 Å². The van der Waals surface area contributed by atoms with Crippen LogP contribution in [0.15, 0.2) is 52.9 Å². The van der Waals surface area contributed by atoms with Gasteiger partial charge in [-0.25, -0.2) is 4.79 Å². The zero-order valence-corrected chi connectivity index (χ0v) is 18.9. The van der Waals surface area contributed by atoms with E-state index in [-0.39, 0.29) is 5.89 Å². The van der Waals surface area contributed by atoms with Gasteiger partial charge >= 0.3 is 12.0 Å². The zero-order valence-electron chi connectivity index (χ0n) is 18.9. The van der Waals surface area contributed by atoms with E-state index in [1.165, 1.54) is 0 Å². The number of nitrogens with zero attached hydrogens (tertiary/aromatic N) is 3. The van der Waals surface area contributed by atoms with Crippen molar-refractivity contribution in [1.82, 2.24) is 20.4 Å². The number of hydrogen-bond acceptors (Lipinski definition) is 7. The Morgan fingerprint density at radius 3 is 2.85 bits per heavy atom. The topological polar surface area (TPSA) is 115 Å². The highest BCUT2D eigenvalue weighted by atomic mass is 16.6. The normalized spacial score (nSPS) is 20.2. The summed E-state index contributed by atoms with van der Waals surface area (Å²) in [4.78, 5) is 39.6. The number of aromatic nitrogens is 2. The maximum Gasteiger partial charge on any atom is 0.327 e. The van der Waals surface area contributed by atoms with Crippen LogP contribution in [0.2, 0.25) is 0 Å². The van der Waals surface area contributed by atoms with E-state index in [4.69, 9.17) is 9.15 Å². The summed E-state index contributed by atoms with van der Waals surface area (Å²) < 4.78 is 11.1. The molecule has 0 bridgehead atoms. The Morgan fingerprint density at radius 2 is 2.03 bits per heavy atom. The molecule has 3 amide bonds. The van der Waals surface area contributed by atoms with Crippen LogP contribution in [-0.4, -0.2) is 39.5 Å². The maximum absolute atomic E-state index is 13.3. The van der Waals surface area contributed by atoms with E-state index in [0.717, 1.165) is 40.0 Å². The first-order valence-electron chi connectivity index (χ1n) is 11.2. The van der Waals surface area contributed by atoms with Gasteiger partial charge in [0, 0.05) is 5.56 Å². The molecule has 0 saturated carbocycles. The van der Waals surface area contributed by atoms with Crippen molar-refractivity contribution in [2.45, 2.75) is 44.8 Å². The average Bonchev–Trinajstić information content (AvgIpc) is 3.40. The number of carbonyl (C=O) groups is 3. The number of carbonyl (C=O) groups excluding carboxylic acids is 3. The molecule has 1 aliphatic carbocycles. The van der Waals surface area contributed by atoms with Gasteiger partial charge in [-0.3, -0.25) is 14.5 Å². The molecule has 2 aromatic carbocycles. The predicted molar refractivity (Wildman–Crippen MR) is 120 cm³/mol. The number of ether oxygens (including phenoxy) is 1. The maximum atomic E-state index is 13.3. The number of imide groups is 1. The molecule has 9 nitrogen and oxygen atoms in total. The van der Waals surface area contributed by atoms with Gasteiger partial charge in [-0.05, 0) is 56.4 Å². The highest BCUT2D eigenvalue weighted by Gasteiger charge is 2.54. The molecular weight excluding hydrogens is 436 g/mol. The Kier molecular flexibility index (Phi) is 5.39. The Hall–Kier alpha value is -4.01. The van der Waals surface area contributed by atoms with Crippen molar-refractivity contribution >= 4 is 17.9 Å². The van der Waals surface area contributed by atoms with Crippen LogP contribution in [0.1, 0.15) is 48.5 Å². The second-order valence-corrected chi connectivity index (χ2v) is 8.68. The van der Waals surface area contributed by atoms with Gasteiger partial charge in [-0.1, -0.05) is 42.0 Å². The number of amides is 3. The van der Waals surface area contributed by atoms with Gasteiger partial charge in [0.05, 0.1) is 0 Å². The first-order chi connectivity index (χ1) is 16.4. The van der Waals surface area contributed by atoms with Crippen LogP contribution in [0.5, 0.6) is 0 Å². The van der Waals surface area contributed by atoms with Gasteiger partial charge < -0.3 is 14.5 Å². The fourth-order valence-electron chi connectivity index (χ4n) is 4.66. The minimum Gasteiger partial charge on any atom is -0.451 e. The number of rotatable bonds is 5. The van der Waals surface area contributed by atoms with Crippen molar-refractivity contribution in [1.29, 1.82) is 0 Å². The van der Waals surface area contributed by atoms with Crippen molar-refractivity contribution in [3.8, 4) is 11.5 Å². The van der Waals surface area contributed by atoms with Gasteiger partial charge in [0.25, 0.3) is 11.8 Å². The summed E-state index contributed by atoms with van der Waals surface area (Å²) in [5.41, 5.74) is 2.49. The number of benzene rings is 2. The van der Waals surface area contributed by atoms with Crippen molar-refractivity contribution < 1.29 is 23.5 Å². The molecule has 174 valence electrons. The van der Waals surface area contributed by atoms with Crippen molar-refractivity contribution in [2.75, 3.05) is 6.54 Å². The van der Waals surface area contributed by atoms with Crippen molar-refractivity contribution in [3.63, 3.8) is 0 Å². The average molecular weight is 460 g/mol. The van der Waals surface area contributed by atoms with Crippen molar-refractivity contribution in [2.24, 2.45) is 0 Å². The molecule has 3 aromatic rings. The predicted octanol–water partition coefficient (Wildman–Crippen LogP) is 3.43. The molecule has 1 N–H and O–H groups in total. The summed E-state index contributed by atoms with van der Waals surface area (Å²) in [6.07, 6.45) is 1.25. The van der Waals surface area contributed by atoms with E-state index in [1.54, 1.807) is 6.92 Å². The largest absolute Gasteiger partial charge is 0.451 e. The Bertz CT molecular complexity index is 1290. The monoisotopic (exact) mass is 460 g/mol. The van der Waals surface area contributed by atoms with Gasteiger partial charge in [-0.2, -0.15) is 0 Å². The van der Waals surface area contributed by atoms with Gasteiger partial charge in [0.15, 0.2) is 6.10 Å². The summed E-state index contributed by atoms with van der Waals surface area (Å²) in [6.45, 7) is 3.05. The van der Waals surface area contributed by atoms with Crippen LogP contribution in [0, 0.1) is 6.92 Å². The van der Waals surface area contributed by atoms with E-state index in [9.17, 15) is 14.4 Å². The molecule has 2 atom stereocenters. The molecule has 34 heavy (non-hydrogen) atoms. The summed E-state index contributed by atoms with van der Waals surface area (Å²) in [7, 11) is 0. The fraction of sp³-hybridized carbons (Fsp3) is 0.320. The van der Waals surface area contributed by atoms with E-state index in [2.05, 4.69) is 15.5 Å². The summed E-state index contributed by atoms with van der Waals surface area (Å²) in [5, 5.41) is 10.8. The molecule has 2 heterocycles. The second-order valence-electron chi connectivity index (χ2n) is 8.68. The SMILES string of the molecule is Cc1cccc(-c2nnc(C(C)OC(=O)CN3C(=O)NC4(CCCc5ccccc54)C3=O)o2)c1. The molecule has 0 radical (unpaired) electrons. The lowest BCUT2D eigenvalue weighted by molar-refractivity contribution is -0.153. The van der Waals surface area contributed by atoms with Crippen LogP contribution in [-0.2, 0) is 26.3 Å². The molecule has 1 spiro atoms. The number of fused-ring (bicyclic) bond motifs is 2. The second kappa shape index (κ2) is 8.40. The van der Waals surface area contributed by atoms with E-state index in [0.29, 0.717) is 12.3 Å². The molecule has 2 aliphatic rings. The number of nitrogens with one attached hydrogen (secondary N) is 1. The zero-order chi connectivity index (χ0) is 23.9. The highest BCUT2D eigenvalue weighted by molar-refractivity contribution is 6.09. The Morgan fingerprint density at radius 1 is 1.21 bits per heavy atom. The van der Waals surface area contributed by atoms with E-state index in [1.807, 2.05) is 55.5 Å². The number of esters is 1. The molecule has 1 saturated heterocycles. The van der Waals surface area contributed by atoms with Crippen LogP contribution in [0.4, 0.5) is 4.79 Å². The molecular formula is C25H24N4O5. The summed E-state index contributed by atoms with van der Waals surface area (Å²) in [6, 6.07) is 14.6. The van der Waals surface area contributed by atoms with Crippen LogP contribution >= 0.6 is 0 Å². The molecule has 1 aliphatic heterocycles. The lowest BCUT2D eigenvalue weighted by Gasteiger charge is -2.33. The summed E-state index contributed by atoms with van der Waals surface area (Å²) >= 11 is 0. The third kappa shape index (κ3) is 3.72. The lowest BCUT2D eigenvalue weighted by atomic mass is 9.76. The van der Waals surface area contributed by atoms with Gasteiger partial charge in [0.1, 0.15) is 12.1 Å². The first-order valence-corrected chi connectivity index (χ1v) is 11.2. The van der Waals surface area contributed by atoms with E-state index < -0.39 is 36.1 Å². The van der Waals surface area contributed by atoms with Crippen LogP contribution in [0.25, 0.3) is 11.5 Å². The van der Waals surface area contributed by atoms with Crippen LogP contribution in [0.3, 0.4) is 0 Å². The van der Waals surface area contributed by atoms with Crippen LogP contribution < -0.4 is 5.32 Å². The minimum atomic E-state index is -1.13. The van der Waals surface area contributed by atoms with Crippen molar-refractivity contribution in [3.05, 3.63) is 71.1 Å². The third-order valence-electron chi connectivity index (χ3n) is 6.30. The molecule has 5 rings (SSSR count). The Balaban J connectivity index is 1.27. The molecule has 1 aromatic heterocycles. The first kappa shape index (κ1) is 21.8. The highest BCUT2D eigenvalue weighted by Crippen LogP contribution is 2.39. The minimum absolute atomic E-state index is 0.125. The standard InChI is InChI=1S/C25H24N4O5/c1-15-7-5-9-18(13-15)22-28-27-21(34-22)16(2)33-20(30)14-29-23(31)25(26-24(29)32)12-6-10-17-8-3-4-11-19(17)25/h3-5,7-9,11,13,16H,6,10,12,14H2,1-2H3,(H,26,32). The van der Waals surface area contributed by atoms with E-state index >= 15 is 0 Å². The lowest BCUT2D eigenvalue weighted by Crippen LogP contribution is -2.46. The fourth-order valence-corrected chi connectivity index (χ4v) is 4.66. The van der Waals surface area contributed by atoms with Gasteiger partial charge in [0.2, 0.25) is 5.89 Å². The Labute approximate surface area is 196 Å². The summed E-state index contributed by atoms with van der Waals surface area (Å²) in [5.74, 6) is -0.741. The quantitative estimate of drug-likeness (QED) is 0.458.